The lowest BCUT2D eigenvalue weighted by molar-refractivity contribution is 0.101. The summed E-state index contributed by atoms with van der Waals surface area (Å²) in [5, 5.41) is 0. The van der Waals surface area contributed by atoms with Crippen LogP contribution in [0, 0.1) is 6.92 Å². The van der Waals surface area contributed by atoms with E-state index in [0.29, 0.717) is 46.5 Å². The Morgan fingerprint density at radius 1 is 1.07 bits per heavy atom. The lowest BCUT2D eigenvalue weighted by atomic mass is 10.0. The Morgan fingerprint density at radius 3 is 2.28 bits per heavy atom. The third-order valence-corrected chi connectivity index (χ3v) is 4.41. The number of fused-ring (bicyclic) bond motifs is 1. The van der Waals surface area contributed by atoms with Gasteiger partial charge in [0.25, 0.3) is 0 Å². The average molecular weight is 396 g/mol. The van der Waals surface area contributed by atoms with Crippen LogP contribution >= 0.6 is 0 Å². The smallest absolute Gasteiger partial charge is 0.232 e. The molecule has 0 saturated carbocycles. The quantitative estimate of drug-likeness (QED) is 0.504. The zero-order chi connectivity index (χ0) is 21.1. The molecule has 6 heteroatoms. The number of carbonyl (C=O) groups is 1. The highest BCUT2D eigenvalue weighted by Gasteiger charge is 2.30. The van der Waals surface area contributed by atoms with Crippen LogP contribution in [0.3, 0.4) is 0 Å². The highest BCUT2D eigenvalue weighted by Crippen LogP contribution is 2.41. The molecule has 152 valence electrons. The first-order valence-corrected chi connectivity index (χ1v) is 9.04. The van der Waals surface area contributed by atoms with Gasteiger partial charge in [0.2, 0.25) is 11.5 Å². The van der Waals surface area contributed by atoms with Gasteiger partial charge in [-0.1, -0.05) is 6.58 Å². The molecule has 29 heavy (non-hydrogen) atoms. The Balaban J connectivity index is 1.96. The van der Waals surface area contributed by atoms with Gasteiger partial charge in [0.15, 0.2) is 17.3 Å². The topological polar surface area (TPSA) is 63.2 Å². The maximum atomic E-state index is 12.9. The molecule has 1 aliphatic heterocycles. The third-order valence-electron chi connectivity index (χ3n) is 4.41. The average Bonchev–Trinajstić information content (AvgIpc) is 3.01. The second kappa shape index (κ2) is 8.31. The van der Waals surface area contributed by atoms with Gasteiger partial charge in [0, 0.05) is 6.07 Å². The molecule has 0 atom stereocenters. The van der Waals surface area contributed by atoms with Crippen LogP contribution in [-0.4, -0.2) is 33.7 Å². The summed E-state index contributed by atoms with van der Waals surface area (Å²) in [5.74, 6) is 2.61. The van der Waals surface area contributed by atoms with Gasteiger partial charge in [-0.25, -0.2) is 0 Å². The van der Waals surface area contributed by atoms with E-state index in [2.05, 4.69) is 6.58 Å². The molecule has 0 amide bonds. The summed E-state index contributed by atoms with van der Waals surface area (Å²) in [5.41, 5.74) is 2.92. The van der Waals surface area contributed by atoms with Gasteiger partial charge in [-0.3, -0.25) is 4.79 Å². The molecule has 2 aromatic rings. The summed E-state index contributed by atoms with van der Waals surface area (Å²) >= 11 is 0. The molecule has 3 rings (SSSR count). The predicted molar refractivity (Wildman–Crippen MR) is 111 cm³/mol. The Labute approximate surface area is 170 Å². The molecule has 0 N–H and O–H groups in total. The molecular formula is C23H24O6. The van der Waals surface area contributed by atoms with E-state index >= 15 is 0 Å². The largest absolute Gasteiger partial charge is 0.493 e. The molecule has 2 aromatic carbocycles. The number of benzene rings is 2. The first-order valence-electron chi connectivity index (χ1n) is 9.04. The van der Waals surface area contributed by atoms with Crippen LogP contribution in [-0.2, 0) is 0 Å². The molecule has 0 saturated heterocycles. The van der Waals surface area contributed by atoms with E-state index in [0.717, 1.165) is 11.1 Å². The zero-order valence-corrected chi connectivity index (χ0v) is 17.3. The second-order valence-corrected chi connectivity index (χ2v) is 6.76. The fraction of sp³-hybridized carbons (Fsp3) is 0.261. The molecule has 0 fully saturated rings. The van der Waals surface area contributed by atoms with Crippen molar-refractivity contribution in [2.75, 3.05) is 27.9 Å². The Morgan fingerprint density at radius 2 is 1.72 bits per heavy atom. The number of ketones is 1. The van der Waals surface area contributed by atoms with Crippen LogP contribution in [0.25, 0.3) is 6.08 Å². The lowest BCUT2D eigenvalue weighted by Crippen LogP contribution is -2.01. The zero-order valence-electron chi connectivity index (χ0n) is 17.3. The molecular weight excluding hydrogens is 372 g/mol. The van der Waals surface area contributed by atoms with E-state index in [1.165, 1.54) is 21.3 Å². The summed E-state index contributed by atoms with van der Waals surface area (Å²) in [4.78, 5) is 12.9. The molecule has 6 nitrogen and oxygen atoms in total. The number of ether oxygens (including phenoxy) is 5. The number of hydrogen-bond acceptors (Lipinski definition) is 6. The summed E-state index contributed by atoms with van der Waals surface area (Å²) < 4.78 is 27.6. The van der Waals surface area contributed by atoms with Crippen molar-refractivity contribution in [1.29, 1.82) is 0 Å². The monoisotopic (exact) mass is 396 g/mol. The Bertz CT molecular complexity index is 978. The first-order chi connectivity index (χ1) is 13.9. The van der Waals surface area contributed by atoms with E-state index in [1.54, 1.807) is 24.3 Å². The van der Waals surface area contributed by atoms with Crippen molar-refractivity contribution in [2.45, 2.75) is 13.8 Å². The van der Waals surface area contributed by atoms with Crippen LogP contribution in [0.15, 0.2) is 42.2 Å². The number of rotatable bonds is 7. The maximum Gasteiger partial charge on any atom is 0.232 e. The number of Topliss-reactive ketones (excluding diaryl/α,β-unsaturated/α-hetero) is 1. The van der Waals surface area contributed by atoms with Crippen molar-refractivity contribution in [1.82, 2.24) is 0 Å². The van der Waals surface area contributed by atoms with E-state index in [4.69, 9.17) is 23.7 Å². The molecule has 1 heterocycles. The van der Waals surface area contributed by atoms with Crippen LogP contribution in [0.5, 0.6) is 28.7 Å². The Hall–Kier alpha value is -3.41. The summed E-state index contributed by atoms with van der Waals surface area (Å²) in [6, 6.07) is 7.05. The normalized spacial score (nSPS) is 13.7. The van der Waals surface area contributed by atoms with Gasteiger partial charge in [-0.15, -0.1) is 0 Å². The predicted octanol–water partition coefficient (Wildman–Crippen LogP) is 4.59. The standard InChI is InChI=1S/C23H24O6/c1-13(2)12-28-16-7-14(3)21-17(11-16)29-18(22(21)24)8-15-9-19(25-4)23(27-6)20(10-15)26-5/h7-11H,1,12H2,2-6H3/b18-8-. The van der Waals surface area contributed by atoms with Crippen LogP contribution in [0.1, 0.15) is 28.4 Å². The van der Waals surface area contributed by atoms with E-state index in [-0.39, 0.29) is 11.5 Å². The van der Waals surface area contributed by atoms with Crippen molar-refractivity contribution in [2.24, 2.45) is 0 Å². The molecule has 1 aliphatic rings. The van der Waals surface area contributed by atoms with Crippen LogP contribution in [0.4, 0.5) is 0 Å². The van der Waals surface area contributed by atoms with Crippen molar-refractivity contribution in [3.8, 4) is 28.7 Å². The van der Waals surface area contributed by atoms with Gasteiger partial charge >= 0.3 is 0 Å². The number of aryl methyl sites for hydroxylation is 1. The lowest BCUT2D eigenvalue weighted by Gasteiger charge is -2.13. The van der Waals surface area contributed by atoms with Crippen LogP contribution in [0.2, 0.25) is 0 Å². The number of allylic oxidation sites excluding steroid dienone is 1. The molecule has 0 aromatic heterocycles. The molecule has 0 radical (unpaired) electrons. The first kappa shape index (κ1) is 20.3. The van der Waals surface area contributed by atoms with Crippen LogP contribution < -0.4 is 23.7 Å². The minimum atomic E-state index is -0.183. The van der Waals surface area contributed by atoms with E-state index < -0.39 is 0 Å². The molecule has 0 bridgehead atoms. The second-order valence-electron chi connectivity index (χ2n) is 6.76. The molecule has 0 aliphatic carbocycles. The van der Waals surface area contributed by atoms with Crippen molar-refractivity contribution < 1.29 is 28.5 Å². The van der Waals surface area contributed by atoms with Gasteiger partial charge < -0.3 is 23.7 Å². The van der Waals surface area contributed by atoms with Gasteiger partial charge in [0.1, 0.15) is 18.1 Å². The van der Waals surface area contributed by atoms with E-state index in [9.17, 15) is 4.79 Å². The number of carbonyl (C=O) groups excluding carboxylic acids is 1. The summed E-state index contributed by atoms with van der Waals surface area (Å²) in [6.45, 7) is 7.98. The Kier molecular flexibility index (Phi) is 5.82. The third kappa shape index (κ3) is 4.06. The fourth-order valence-corrected chi connectivity index (χ4v) is 3.10. The van der Waals surface area contributed by atoms with Crippen molar-refractivity contribution in [3.63, 3.8) is 0 Å². The molecule has 0 unspecified atom stereocenters. The number of methoxy groups -OCH3 is 3. The summed E-state index contributed by atoms with van der Waals surface area (Å²) in [7, 11) is 4.61. The number of hydrogen-bond donors (Lipinski definition) is 0. The van der Waals surface area contributed by atoms with Gasteiger partial charge in [0.05, 0.1) is 26.9 Å². The molecule has 0 spiro atoms. The maximum absolute atomic E-state index is 12.9. The van der Waals surface area contributed by atoms with E-state index in [1.807, 2.05) is 19.9 Å². The fourth-order valence-electron chi connectivity index (χ4n) is 3.10. The van der Waals surface area contributed by atoms with Gasteiger partial charge in [-0.2, -0.15) is 0 Å². The highest BCUT2D eigenvalue weighted by molar-refractivity contribution is 6.15. The van der Waals surface area contributed by atoms with Crippen molar-refractivity contribution >= 4 is 11.9 Å². The van der Waals surface area contributed by atoms with Gasteiger partial charge in [-0.05, 0) is 54.8 Å². The minimum Gasteiger partial charge on any atom is -0.493 e. The summed E-state index contributed by atoms with van der Waals surface area (Å²) in [6.07, 6.45) is 1.65. The SMILES string of the molecule is C=C(C)COc1cc(C)c2c(c1)O/C(=C\c1cc(OC)c(OC)c(OC)c1)C2=O. The highest BCUT2D eigenvalue weighted by atomic mass is 16.5. The van der Waals surface area contributed by atoms with Crippen molar-refractivity contribution in [3.05, 3.63) is 58.9 Å². The minimum absolute atomic E-state index is 0.183.